The van der Waals surface area contributed by atoms with E-state index in [4.69, 9.17) is 18.0 Å². The van der Waals surface area contributed by atoms with Gasteiger partial charge in [-0.25, -0.2) is 0 Å². The molecule has 2 N–H and O–H groups in total. The minimum atomic E-state index is -0.524. The van der Waals surface area contributed by atoms with Gasteiger partial charge in [-0.15, -0.1) is 6.42 Å². The molecule has 0 radical (unpaired) electrons. The van der Waals surface area contributed by atoms with Crippen molar-refractivity contribution in [3.63, 3.8) is 0 Å². The summed E-state index contributed by atoms with van der Waals surface area (Å²) in [6.45, 7) is 0.847. The third kappa shape index (κ3) is 7.76. The number of hydrogen-bond acceptors (Lipinski definition) is 6. The normalized spacial score (nSPS) is 10.8. The van der Waals surface area contributed by atoms with E-state index in [0.717, 1.165) is 29.8 Å². The van der Waals surface area contributed by atoms with Gasteiger partial charge in [0.15, 0.2) is 5.82 Å². The smallest absolute Gasteiger partial charge is 0.274 e. The minimum absolute atomic E-state index is 0.236. The zero-order chi connectivity index (χ0) is 16.2. The van der Waals surface area contributed by atoms with Gasteiger partial charge in [-0.05, 0) is 24.3 Å². The summed E-state index contributed by atoms with van der Waals surface area (Å²) >= 11 is 7.73. The van der Waals surface area contributed by atoms with Gasteiger partial charge in [-0.2, -0.15) is 11.8 Å². The molecule has 0 aliphatic heterocycles. The standard InChI is InChI=1S/C14H17ClN4O2S/c1-2-6-17-14(10-19(20)21)18-8-4-9-22-11-13-12(15)5-3-7-16-13/h1,3,5,7,10,17-18H,4,6,8-9,11H2/b14-10-. The van der Waals surface area contributed by atoms with Crippen LogP contribution in [0.4, 0.5) is 0 Å². The molecule has 0 saturated carbocycles. The van der Waals surface area contributed by atoms with Crippen LogP contribution in [0.15, 0.2) is 30.4 Å². The van der Waals surface area contributed by atoms with Crippen LogP contribution in [0.5, 0.6) is 0 Å². The Morgan fingerprint density at radius 3 is 3.09 bits per heavy atom. The molecule has 0 amide bonds. The Hall–Kier alpha value is -1.91. The first kappa shape index (κ1) is 18.1. The second kappa shape index (κ2) is 10.8. The fraction of sp³-hybridized carbons (Fsp3) is 0.357. The summed E-state index contributed by atoms with van der Waals surface area (Å²) in [5, 5.41) is 16.9. The first-order valence-electron chi connectivity index (χ1n) is 6.57. The van der Waals surface area contributed by atoms with Crippen molar-refractivity contribution < 1.29 is 4.92 Å². The number of rotatable bonds is 10. The minimum Gasteiger partial charge on any atom is -0.367 e. The lowest BCUT2D eigenvalue weighted by Crippen LogP contribution is -2.28. The largest absolute Gasteiger partial charge is 0.367 e. The van der Waals surface area contributed by atoms with E-state index >= 15 is 0 Å². The average Bonchev–Trinajstić information content (AvgIpc) is 2.49. The molecule has 0 atom stereocenters. The number of nitro groups is 1. The molecule has 1 rings (SSSR count). The van der Waals surface area contributed by atoms with Crippen molar-refractivity contribution in [3.05, 3.63) is 51.2 Å². The van der Waals surface area contributed by atoms with Crippen LogP contribution >= 0.6 is 23.4 Å². The number of aromatic nitrogens is 1. The zero-order valence-corrected chi connectivity index (χ0v) is 13.5. The molecule has 0 aromatic carbocycles. The fourth-order valence-electron chi connectivity index (χ4n) is 1.50. The van der Waals surface area contributed by atoms with Crippen molar-refractivity contribution >= 4 is 23.4 Å². The highest BCUT2D eigenvalue weighted by molar-refractivity contribution is 7.98. The maximum absolute atomic E-state index is 10.5. The quantitative estimate of drug-likeness (QED) is 0.294. The number of nitrogens with zero attached hydrogens (tertiary/aromatic N) is 2. The Kier molecular flexibility index (Phi) is 8.88. The zero-order valence-electron chi connectivity index (χ0n) is 11.9. The molecule has 0 fully saturated rings. The molecule has 6 nitrogen and oxygen atoms in total. The summed E-state index contributed by atoms with van der Waals surface area (Å²) in [6.07, 6.45) is 8.55. The van der Waals surface area contributed by atoms with E-state index < -0.39 is 4.92 Å². The van der Waals surface area contributed by atoms with Gasteiger partial charge in [0.25, 0.3) is 6.20 Å². The third-order valence-corrected chi connectivity index (χ3v) is 3.87. The Balaban J connectivity index is 2.22. The molecular formula is C14H17ClN4O2S. The molecule has 0 aliphatic rings. The van der Waals surface area contributed by atoms with E-state index in [0.29, 0.717) is 17.4 Å². The summed E-state index contributed by atoms with van der Waals surface area (Å²) in [4.78, 5) is 14.2. The molecule has 0 aliphatic carbocycles. The second-order valence-electron chi connectivity index (χ2n) is 4.15. The third-order valence-electron chi connectivity index (χ3n) is 2.47. The van der Waals surface area contributed by atoms with Crippen molar-refractivity contribution in [1.82, 2.24) is 15.6 Å². The predicted octanol–water partition coefficient (Wildman–Crippen LogP) is 2.25. The number of pyridine rings is 1. The van der Waals surface area contributed by atoms with Gasteiger partial charge in [0, 0.05) is 18.5 Å². The van der Waals surface area contributed by atoms with Crippen molar-refractivity contribution in [1.29, 1.82) is 0 Å². The number of hydrogen-bond donors (Lipinski definition) is 2. The van der Waals surface area contributed by atoms with Gasteiger partial charge in [0.1, 0.15) is 0 Å². The molecule has 1 heterocycles. The van der Waals surface area contributed by atoms with Gasteiger partial charge < -0.3 is 10.6 Å². The monoisotopic (exact) mass is 340 g/mol. The van der Waals surface area contributed by atoms with Crippen molar-refractivity contribution in [3.8, 4) is 12.3 Å². The maximum Gasteiger partial charge on any atom is 0.274 e. The van der Waals surface area contributed by atoms with Crippen molar-refractivity contribution in [2.45, 2.75) is 12.2 Å². The lowest BCUT2D eigenvalue weighted by atomic mass is 10.4. The van der Waals surface area contributed by atoms with Crippen LogP contribution in [-0.2, 0) is 5.75 Å². The Labute approximate surface area is 138 Å². The topological polar surface area (TPSA) is 80.1 Å². The number of halogens is 1. The molecule has 22 heavy (non-hydrogen) atoms. The lowest BCUT2D eigenvalue weighted by molar-refractivity contribution is -0.404. The summed E-state index contributed by atoms with van der Waals surface area (Å²) in [7, 11) is 0. The van der Waals surface area contributed by atoms with Gasteiger partial charge >= 0.3 is 0 Å². The van der Waals surface area contributed by atoms with Crippen LogP contribution in [0, 0.1) is 22.5 Å². The highest BCUT2D eigenvalue weighted by Crippen LogP contribution is 2.18. The Bertz CT molecular complexity index is 560. The first-order chi connectivity index (χ1) is 10.6. The SMILES string of the molecule is C#CCN/C(=C/[N+](=O)[O-])NCCCSCc1ncccc1Cl. The Morgan fingerprint density at radius 2 is 2.41 bits per heavy atom. The molecule has 0 bridgehead atoms. The molecule has 8 heteroatoms. The molecule has 118 valence electrons. The van der Waals surface area contributed by atoms with Gasteiger partial charge in [-0.3, -0.25) is 15.1 Å². The highest BCUT2D eigenvalue weighted by Gasteiger charge is 2.02. The highest BCUT2D eigenvalue weighted by atomic mass is 35.5. The summed E-state index contributed by atoms with van der Waals surface area (Å²) in [5.74, 6) is 4.32. The van der Waals surface area contributed by atoms with Crippen LogP contribution in [0.2, 0.25) is 5.02 Å². The van der Waals surface area contributed by atoms with E-state index in [1.54, 1.807) is 24.0 Å². The molecule has 1 aromatic heterocycles. The fourth-order valence-corrected chi connectivity index (χ4v) is 2.68. The number of nitrogens with one attached hydrogen (secondary N) is 2. The summed E-state index contributed by atoms with van der Waals surface area (Å²) < 4.78 is 0. The lowest BCUT2D eigenvalue weighted by Gasteiger charge is -2.09. The maximum atomic E-state index is 10.5. The van der Waals surface area contributed by atoms with Crippen molar-refractivity contribution in [2.24, 2.45) is 0 Å². The average molecular weight is 341 g/mol. The van der Waals surface area contributed by atoms with Crippen LogP contribution in [0.3, 0.4) is 0 Å². The van der Waals surface area contributed by atoms with Crippen molar-refractivity contribution in [2.75, 3.05) is 18.8 Å². The number of terminal acetylenes is 1. The van der Waals surface area contributed by atoms with Gasteiger partial charge in [0.05, 0.1) is 22.2 Å². The van der Waals surface area contributed by atoms with E-state index in [2.05, 4.69) is 21.5 Å². The van der Waals surface area contributed by atoms with Crippen LogP contribution < -0.4 is 10.6 Å². The van der Waals surface area contributed by atoms with Crippen LogP contribution in [0.25, 0.3) is 0 Å². The van der Waals surface area contributed by atoms with E-state index in [9.17, 15) is 10.1 Å². The number of thioether (sulfide) groups is 1. The van der Waals surface area contributed by atoms with E-state index in [-0.39, 0.29) is 6.54 Å². The molecular weight excluding hydrogens is 324 g/mol. The molecule has 0 spiro atoms. The second-order valence-corrected chi connectivity index (χ2v) is 5.66. The van der Waals surface area contributed by atoms with Crippen LogP contribution in [0.1, 0.15) is 12.1 Å². The van der Waals surface area contributed by atoms with E-state index in [1.807, 2.05) is 6.07 Å². The van der Waals surface area contributed by atoms with Gasteiger partial charge in [0.2, 0.25) is 0 Å². The molecule has 1 aromatic rings. The summed E-state index contributed by atoms with van der Waals surface area (Å²) in [5.41, 5.74) is 0.867. The van der Waals surface area contributed by atoms with E-state index in [1.165, 1.54) is 0 Å². The molecule has 0 saturated heterocycles. The first-order valence-corrected chi connectivity index (χ1v) is 8.10. The predicted molar refractivity (Wildman–Crippen MR) is 89.9 cm³/mol. The summed E-state index contributed by atoms with van der Waals surface area (Å²) in [6, 6.07) is 3.62. The van der Waals surface area contributed by atoms with Crippen LogP contribution in [-0.4, -0.2) is 28.7 Å². The Morgan fingerprint density at radius 1 is 1.59 bits per heavy atom. The van der Waals surface area contributed by atoms with Gasteiger partial charge in [-0.1, -0.05) is 17.5 Å². The molecule has 0 unspecified atom stereocenters.